The first-order valence-electron chi connectivity index (χ1n) is 7.23. The normalized spacial score (nSPS) is 12.2. The quantitative estimate of drug-likeness (QED) is 0.551. The fourth-order valence-electron chi connectivity index (χ4n) is 2.11. The van der Waals surface area contributed by atoms with Gasteiger partial charge in [-0.1, -0.05) is 19.9 Å². The number of hydrogen-bond acceptors (Lipinski definition) is 4. The van der Waals surface area contributed by atoms with Gasteiger partial charge in [0.1, 0.15) is 11.4 Å². The lowest BCUT2D eigenvalue weighted by atomic mass is 10.0. The van der Waals surface area contributed by atoms with Gasteiger partial charge in [0.05, 0.1) is 4.92 Å². The molecule has 0 saturated heterocycles. The van der Waals surface area contributed by atoms with Gasteiger partial charge in [0.2, 0.25) is 0 Å². The maximum absolute atomic E-state index is 11.3. The molecule has 0 fully saturated rings. The molecule has 2 N–H and O–H groups in total. The van der Waals surface area contributed by atoms with Gasteiger partial charge in [0.25, 0.3) is 0 Å². The van der Waals surface area contributed by atoms with Crippen molar-refractivity contribution >= 4 is 17.1 Å². The molecule has 1 rings (SSSR count). The summed E-state index contributed by atoms with van der Waals surface area (Å²) in [7, 11) is 0. The smallest absolute Gasteiger partial charge is 0.315 e. The van der Waals surface area contributed by atoms with E-state index in [1.54, 1.807) is 12.1 Å². The van der Waals surface area contributed by atoms with Crippen LogP contribution >= 0.6 is 0 Å². The van der Waals surface area contributed by atoms with Gasteiger partial charge < -0.3 is 10.6 Å². The van der Waals surface area contributed by atoms with E-state index in [-0.39, 0.29) is 16.7 Å². The van der Waals surface area contributed by atoms with Crippen LogP contribution in [0.5, 0.6) is 0 Å². The molecular weight excluding hydrogens is 254 g/mol. The first-order chi connectivity index (χ1) is 9.45. The van der Waals surface area contributed by atoms with E-state index in [9.17, 15) is 10.1 Å². The first kappa shape index (κ1) is 16.3. The summed E-state index contributed by atoms with van der Waals surface area (Å²) in [5, 5.41) is 17.6. The SMILES string of the molecule is CCNc1cccc(NC(C)CCC(C)C)c1[N+](=O)[O-]. The van der Waals surface area contributed by atoms with Crippen LogP contribution in [0.1, 0.15) is 40.5 Å². The summed E-state index contributed by atoms with van der Waals surface area (Å²) < 4.78 is 0. The Morgan fingerprint density at radius 1 is 1.20 bits per heavy atom. The van der Waals surface area contributed by atoms with Crippen LogP contribution in [0.15, 0.2) is 18.2 Å². The third kappa shape index (κ3) is 4.72. The zero-order valence-corrected chi connectivity index (χ0v) is 12.8. The zero-order valence-electron chi connectivity index (χ0n) is 12.8. The first-order valence-corrected chi connectivity index (χ1v) is 7.23. The minimum atomic E-state index is -0.324. The highest BCUT2D eigenvalue weighted by molar-refractivity contribution is 5.76. The lowest BCUT2D eigenvalue weighted by Crippen LogP contribution is -2.17. The lowest BCUT2D eigenvalue weighted by molar-refractivity contribution is -0.383. The minimum absolute atomic E-state index is 0.130. The van der Waals surface area contributed by atoms with Crippen molar-refractivity contribution in [3.05, 3.63) is 28.3 Å². The highest BCUT2D eigenvalue weighted by atomic mass is 16.6. The van der Waals surface area contributed by atoms with E-state index in [2.05, 4.69) is 31.4 Å². The van der Waals surface area contributed by atoms with Gasteiger partial charge in [0, 0.05) is 12.6 Å². The molecule has 0 saturated carbocycles. The van der Waals surface area contributed by atoms with Gasteiger partial charge in [-0.15, -0.1) is 0 Å². The number of nitro benzene ring substituents is 1. The Kier molecular flexibility index (Phi) is 6.28. The Bertz CT molecular complexity index is 447. The third-order valence-corrected chi connectivity index (χ3v) is 3.16. The maximum Gasteiger partial charge on any atom is 0.315 e. The Morgan fingerprint density at radius 3 is 2.40 bits per heavy atom. The molecule has 5 nitrogen and oxygen atoms in total. The van der Waals surface area contributed by atoms with E-state index in [1.165, 1.54) is 0 Å². The fraction of sp³-hybridized carbons (Fsp3) is 0.600. The number of nitro groups is 1. The molecule has 1 unspecified atom stereocenters. The molecule has 0 aliphatic carbocycles. The molecule has 1 atom stereocenters. The molecule has 0 amide bonds. The summed E-state index contributed by atoms with van der Waals surface area (Å²) in [4.78, 5) is 11.0. The predicted octanol–water partition coefficient (Wildman–Crippen LogP) is 4.26. The van der Waals surface area contributed by atoms with Crippen molar-refractivity contribution in [3.63, 3.8) is 0 Å². The fourth-order valence-corrected chi connectivity index (χ4v) is 2.11. The van der Waals surface area contributed by atoms with Crippen molar-refractivity contribution < 1.29 is 4.92 Å². The Hall–Kier alpha value is -1.78. The van der Waals surface area contributed by atoms with Crippen molar-refractivity contribution in [2.75, 3.05) is 17.2 Å². The zero-order chi connectivity index (χ0) is 15.1. The van der Waals surface area contributed by atoms with E-state index in [4.69, 9.17) is 0 Å². The van der Waals surface area contributed by atoms with Crippen LogP contribution in [-0.2, 0) is 0 Å². The molecule has 0 bridgehead atoms. The Labute approximate surface area is 120 Å². The summed E-state index contributed by atoms with van der Waals surface area (Å²) in [6.07, 6.45) is 2.11. The van der Waals surface area contributed by atoms with E-state index in [1.807, 2.05) is 13.0 Å². The molecule has 1 aromatic rings. The minimum Gasteiger partial charge on any atom is -0.380 e. The van der Waals surface area contributed by atoms with Gasteiger partial charge in [-0.25, -0.2) is 0 Å². The van der Waals surface area contributed by atoms with Gasteiger partial charge in [0.15, 0.2) is 0 Å². The highest BCUT2D eigenvalue weighted by Crippen LogP contribution is 2.33. The number of rotatable bonds is 8. The van der Waals surface area contributed by atoms with Crippen LogP contribution in [0.2, 0.25) is 0 Å². The molecule has 20 heavy (non-hydrogen) atoms. The molecular formula is C15H25N3O2. The number of nitrogens with zero attached hydrogens (tertiary/aromatic N) is 1. The summed E-state index contributed by atoms with van der Waals surface area (Å²) in [5.74, 6) is 0.641. The summed E-state index contributed by atoms with van der Waals surface area (Å²) in [5.41, 5.74) is 1.29. The van der Waals surface area contributed by atoms with Crippen molar-refractivity contribution in [1.82, 2.24) is 0 Å². The standard InChI is InChI=1S/C15H25N3O2/c1-5-16-13-7-6-8-14(15(13)18(19)20)17-12(4)10-9-11(2)3/h6-8,11-12,16-17H,5,9-10H2,1-4H3. The molecule has 0 spiro atoms. The third-order valence-electron chi connectivity index (χ3n) is 3.16. The lowest BCUT2D eigenvalue weighted by Gasteiger charge is -2.17. The van der Waals surface area contributed by atoms with E-state index >= 15 is 0 Å². The monoisotopic (exact) mass is 279 g/mol. The number of nitrogens with one attached hydrogen (secondary N) is 2. The van der Waals surface area contributed by atoms with Crippen molar-refractivity contribution in [2.24, 2.45) is 5.92 Å². The van der Waals surface area contributed by atoms with Crippen molar-refractivity contribution in [3.8, 4) is 0 Å². The molecule has 0 aliphatic heterocycles. The maximum atomic E-state index is 11.3. The molecule has 0 radical (unpaired) electrons. The largest absolute Gasteiger partial charge is 0.380 e. The van der Waals surface area contributed by atoms with Crippen molar-refractivity contribution in [1.29, 1.82) is 0 Å². The molecule has 0 aromatic heterocycles. The van der Waals surface area contributed by atoms with Crippen LogP contribution in [-0.4, -0.2) is 17.5 Å². The highest BCUT2D eigenvalue weighted by Gasteiger charge is 2.20. The van der Waals surface area contributed by atoms with Crippen LogP contribution in [0, 0.1) is 16.0 Å². The topological polar surface area (TPSA) is 67.2 Å². The second kappa shape index (κ2) is 7.72. The average molecular weight is 279 g/mol. The van der Waals surface area contributed by atoms with Crippen LogP contribution in [0.4, 0.5) is 17.1 Å². The van der Waals surface area contributed by atoms with Crippen LogP contribution in [0.25, 0.3) is 0 Å². The van der Waals surface area contributed by atoms with Crippen LogP contribution < -0.4 is 10.6 Å². The van der Waals surface area contributed by atoms with E-state index < -0.39 is 0 Å². The summed E-state index contributed by atoms with van der Waals surface area (Å²) >= 11 is 0. The number of hydrogen-bond donors (Lipinski definition) is 2. The second-order valence-corrected chi connectivity index (χ2v) is 5.51. The number of benzene rings is 1. The molecule has 0 aliphatic rings. The predicted molar refractivity (Wildman–Crippen MR) is 84.4 cm³/mol. The average Bonchev–Trinajstić information content (AvgIpc) is 2.36. The Morgan fingerprint density at radius 2 is 1.85 bits per heavy atom. The van der Waals surface area contributed by atoms with Gasteiger partial charge in [-0.05, 0) is 44.7 Å². The summed E-state index contributed by atoms with van der Waals surface area (Å²) in [6.45, 7) is 9.01. The second-order valence-electron chi connectivity index (χ2n) is 5.51. The van der Waals surface area contributed by atoms with Gasteiger partial charge in [-0.2, -0.15) is 0 Å². The number of para-hydroxylation sites is 1. The Balaban J connectivity index is 2.88. The molecule has 0 heterocycles. The van der Waals surface area contributed by atoms with Crippen LogP contribution in [0.3, 0.4) is 0 Å². The van der Waals surface area contributed by atoms with Gasteiger partial charge in [-0.3, -0.25) is 10.1 Å². The summed E-state index contributed by atoms with van der Waals surface area (Å²) in [6, 6.07) is 5.56. The van der Waals surface area contributed by atoms with Crippen molar-refractivity contribution in [2.45, 2.75) is 46.6 Å². The van der Waals surface area contributed by atoms with E-state index in [0.717, 1.165) is 12.8 Å². The molecule has 5 heteroatoms. The molecule has 112 valence electrons. The van der Waals surface area contributed by atoms with E-state index in [0.29, 0.717) is 23.8 Å². The van der Waals surface area contributed by atoms with Gasteiger partial charge >= 0.3 is 5.69 Å². The number of anilines is 2. The molecule has 1 aromatic carbocycles.